The van der Waals surface area contributed by atoms with Gasteiger partial charge in [-0.05, 0) is 35.7 Å². The van der Waals surface area contributed by atoms with Crippen molar-refractivity contribution in [2.45, 2.75) is 13.0 Å². The molecule has 3 heteroatoms. The summed E-state index contributed by atoms with van der Waals surface area (Å²) >= 11 is 9.51. The molecule has 0 fully saturated rings. The Morgan fingerprint density at radius 3 is 2.41 bits per heavy atom. The molecular formula is C14H12BrClO. The minimum absolute atomic E-state index is 0.663. The molecule has 1 nitrogen and oxygen atoms in total. The maximum Gasteiger partial charge on any atom is 0.105 e. The zero-order valence-corrected chi connectivity index (χ0v) is 11.7. The summed E-state index contributed by atoms with van der Waals surface area (Å²) in [5, 5.41) is 11.1. The highest BCUT2D eigenvalue weighted by atomic mass is 79.9. The normalized spacial score (nSPS) is 12.5. The lowest BCUT2D eigenvalue weighted by atomic mass is 9.97. The molecule has 0 saturated carbocycles. The van der Waals surface area contributed by atoms with Gasteiger partial charge in [0.25, 0.3) is 0 Å². The summed E-state index contributed by atoms with van der Waals surface area (Å²) in [7, 11) is 0. The van der Waals surface area contributed by atoms with Gasteiger partial charge in [-0.3, -0.25) is 0 Å². The van der Waals surface area contributed by atoms with Crippen molar-refractivity contribution in [2.24, 2.45) is 0 Å². The van der Waals surface area contributed by atoms with Gasteiger partial charge in [-0.2, -0.15) is 0 Å². The molecule has 0 bridgehead atoms. The third-order valence-electron chi connectivity index (χ3n) is 2.80. The van der Waals surface area contributed by atoms with Gasteiger partial charge >= 0.3 is 0 Å². The standard InChI is InChI=1S/C14H12BrClO/c1-9-10(6-4-8-13(9)16)14(17)11-5-2-3-7-12(11)15/h2-8,14,17H,1H3. The van der Waals surface area contributed by atoms with Gasteiger partial charge in [0.1, 0.15) is 6.10 Å². The fourth-order valence-electron chi connectivity index (χ4n) is 1.78. The van der Waals surface area contributed by atoms with E-state index in [1.54, 1.807) is 0 Å². The lowest BCUT2D eigenvalue weighted by molar-refractivity contribution is 0.219. The van der Waals surface area contributed by atoms with Crippen LogP contribution in [0.3, 0.4) is 0 Å². The fraction of sp³-hybridized carbons (Fsp3) is 0.143. The molecule has 17 heavy (non-hydrogen) atoms. The zero-order valence-electron chi connectivity index (χ0n) is 9.32. The summed E-state index contributed by atoms with van der Waals surface area (Å²) in [5.41, 5.74) is 2.60. The van der Waals surface area contributed by atoms with Gasteiger partial charge in [0.2, 0.25) is 0 Å². The molecule has 1 atom stereocenters. The van der Waals surface area contributed by atoms with E-state index in [1.165, 1.54) is 0 Å². The minimum Gasteiger partial charge on any atom is -0.384 e. The lowest BCUT2D eigenvalue weighted by Crippen LogP contribution is -2.03. The molecule has 0 aliphatic carbocycles. The van der Waals surface area contributed by atoms with E-state index in [-0.39, 0.29) is 0 Å². The summed E-state index contributed by atoms with van der Waals surface area (Å²) in [6, 6.07) is 13.2. The molecule has 0 aliphatic rings. The Kier molecular flexibility index (Phi) is 3.87. The van der Waals surface area contributed by atoms with Crippen LogP contribution in [0.4, 0.5) is 0 Å². The number of rotatable bonds is 2. The topological polar surface area (TPSA) is 20.2 Å². The van der Waals surface area contributed by atoms with Crippen LogP contribution < -0.4 is 0 Å². The smallest absolute Gasteiger partial charge is 0.105 e. The van der Waals surface area contributed by atoms with Crippen molar-refractivity contribution in [3.05, 3.63) is 68.7 Å². The Bertz CT molecular complexity index is 539. The van der Waals surface area contributed by atoms with E-state index in [1.807, 2.05) is 49.4 Å². The average molecular weight is 312 g/mol. The van der Waals surface area contributed by atoms with Crippen LogP contribution in [0.15, 0.2) is 46.9 Å². The van der Waals surface area contributed by atoms with Crippen molar-refractivity contribution in [1.29, 1.82) is 0 Å². The number of benzene rings is 2. The van der Waals surface area contributed by atoms with Gasteiger partial charge < -0.3 is 5.11 Å². The summed E-state index contributed by atoms with van der Waals surface area (Å²) in [5.74, 6) is 0. The second kappa shape index (κ2) is 5.21. The second-order valence-corrected chi connectivity index (χ2v) is 5.14. The molecule has 0 aromatic heterocycles. The van der Waals surface area contributed by atoms with E-state index in [4.69, 9.17) is 11.6 Å². The lowest BCUT2D eigenvalue weighted by Gasteiger charge is -2.16. The van der Waals surface area contributed by atoms with Gasteiger partial charge in [0.05, 0.1) is 0 Å². The van der Waals surface area contributed by atoms with E-state index in [2.05, 4.69) is 15.9 Å². The van der Waals surface area contributed by atoms with E-state index in [9.17, 15) is 5.11 Å². The van der Waals surface area contributed by atoms with Gasteiger partial charge in [0, 0.05) is 9.50 Å². The first-order valence-corrected chi connectivity index (χ1v) is 6.46. The molecule has 0 saturated heterocycles. The van der Waals surface area contributed by atoms with Crippen molar-refractivity contribution in [3.63, 3.8) is 0 Å². The van der Waals surface area contributed by atoms with Crippen LogP contribution >= 0.6 is 27.5 Å². The van der Waals surface area contributed by atoms with Crippen molar-refractivity contribution in [3.8, 4) is 0 Å². The van der Waals surface area contributed by atoms with E-state index >= 15 is 0 Å². The summed E-state index contributed by atoms with van der Waals surface area (Å²) in [4.78, 5) is 0. The van der Waals surface area contributed by atoms with E-state index < -0.39 is 6.10 Å². The van der Waals surface area contributed by atoms with Crippen LogP contribution in [0.25, 0.3) is 0 Å². The molecule has 0 heterocycles. The van der Waals surface area contributed by atoms with E-state index in [0.29, 0.717) is 5.02 Å². The van der Waals surface area contributed by atoms with Crippen LogP contribution in [-0.4, -0.2) is 5.11 Å². The molecule has 0 spiro atoms. The monoisotopic (exact) mass is 310 g/mol. The highest BCUT2D eigenvalue weighted by molar-refractivity contribution is 9.10. The Morgan fingerprint density at radius 1 is 1.06 bits per heavy atom. The number of hydrogen-bond donors (Lipinski definition) is 1. The number of hydrogen-bond acceptors (Lipinski definition) is 1. The highest BCUT2D eigenvalue weighted by Crippen LogP contribution is 2.32. The van der Waals surface area contributed by atoms with Crippen LogP contribution in [0.5, 0.6) is 0 Å². The zero-order chi connectivity index (χ0) is 12.4. The largest absolute Gasteiger partial charge is 0.384 e. The number of halogens is 2. The van der Waals surface area contributed by atoms with Gasteiger partial charge in [-0.1, -0.05) is 57.9 Å². The third-order valence-corrected chi connectivity index (χ3v) is 3.94. The van der Waals surface area contributed by atoms with Gasteiger partial charge in [-0.15, -0.1) is 0 Å². The Hall–Kier alpha value is -0.830. The number of aliphatic hydroxyl groups is 1. The molecule has 1 N–H and O–H groups in total. The molecule has 2 aromatic rings. The van der Waals surface area contributed by atoms with Crippen molar-refractivity contribution < 1.29 is 5.11 Å². The summed E-state index contributed by atoms with van der Waals surface area (Å²) < 4.78 is 0.895. The Balaban J connectivity index is 2.48. The molecule has 88 valence electrons. The second-order valence-electron chi connectivity index (χ2n) is 3.88. The number of aliphatic hydroxyl groups excluding tert-OH is 1. The minimum atomic E-state index is -0.663. The maximum absolute atomic E-state index is 10.4. The predicted octanol–water partition coefficient (Wildman–Crippen LogP) is 4.49. The van der Waals surface area contributed by atoms with Crippen LogP contribution in [0, 0.1) is 6.92 Å². The summed E-state index contributed by atoms with van der Waals surface area (Å²) in [6.45, 7) is 1.91. The fourth-order valence-corrected chi connectivity index (χ4v) is 2.47. The predicted molar refractivity (Wildman–Crippen MR) is 74.4 cm³/mol. The van der Waals surface area contributed by atoms with Crippen molar-refractivity contribution >= 4 is 27.5 Å². The van der Waals surface area contributed by atoms with Crippen LogP contribution in [-0.2, 0) is 0 Å². The molecule has 1 unspecified atom stereocenters. The molecule has 0 amide bonds. The molecule has 2 rings (SSSR count). The average Bonchev–Trinajstić information content (AvgIpc) is 2.32. The Labute approximate surface area is 114 Å². The quantitative estimate of drug-likeness (QED) is 0.866. The van der Waals surface area contributed by atoms with Gasteiger partial charge in [-0.25, -0.2) is 0 Å². The third kappa shape index (κ3) is 2.54. The first-order valence-electron chi connectivity index (χ1n) is 5.28. The Morgan fingerprint density at radius 2 is 1.71 bits per heavy atom. The van der Waals surface area contributed by atoms with Crippen molar-refractivity contribution in [2.75, 3.05) is 0 Å². The van der Waals surface area contributed by atoms with Crippen LogP contribution in [0.2, 0.25) is 5.02 Å². The van der Waals surface area contributed by atoms with E-state index in [0.717, 1.165) is 21.2 Å². The summed E-state index contributed by atoms with van der Waals surface area (Å²) in [6.07, 6.45) is -0.663. The molecular weight excluding hydrogens is 300 g/mol. The van der Waals surface area contributed by atoms with Crippen molar-refractivity contribution in [1.82, 2.24) is 0 Å². The first kappa shape index (κ1) is 12.6. The molecule has 2 aromatic carbocycles. The molecule has 0 radical (unpaired) electrons. The maximum atomic E-state index is 10.4. The van der Waals surface area contributed by atoms with Crippen LogP contribution in [0.1, 0.15) is 22.8 Å². The molecule has 0 aliphatic heterocycles. The SMILES string of the molecule is Cc1c(Cl)cccc1C(O)c1ccccc1Br. The highest BCUT2D eigenvalue weighted by Gasteiger charge is 2.16. The van der Waals surface area contributed by atoms with Gasteiger partial charge in [0.15, 0.2) is 0 Å². The first-order chi connectivity index (χ1) is 8.11.